The van der Waals surface area contributed by atoms with Gasteiger partial charge in [-0.1, -0.05) is 30.3 Å². The van der Waals surface area contributed by atoms with Crippen LogP contribution in [0.3, 0.4) is 0 Å². The van der Waals surface area contributed by atoms with Crippen molar-refractivity contribution in [3.63, 3.8) is 0 Å². The van der Waals surface area contributed by atoms with Gasteiger partial charge in [-0.25, -0.2) is 18.3 Å². The van der Waals surface area contributed by atoms with Gasteiger partial charge < -0.3 is 0 Å². The lowest BCUT2D eigenvalue weighted by Crippen LogP contribution is -2.39. The molecule has 0 aliphatic carbocycles. The maximum atomic E-state index is 14.2. The molecule has 3 aromatic rings. The lowest BCUT2D eigenvalue weighted by molar-refractivity contribution is -0.131. The molecule has 2 aromatic carbocycles. The Labute approximate surface area is 153 Å². The molecule has 0 fully saturated rings. The quantitative estimate of drug-likeness (QED) is 0.442. The van der Waals surface area contributed by atoms with Gasteiger partial charge in [0.1, 0.15) is 11.9 Å². The number of hydrogen-bond donors (Lipinski definition) is 3. The van der Waals surface area contributed by atoms with Crippen molar-refractivity contribution >= 4 is 37.4 Å². The molecule has 0 aliphatic heterocycles. The highest BCUT2D eigenvalue weighted by Gasteiger charge is 2.27. The molecule has 136 valence electrons. The lowest BCUT2D eigenvalue weighted by atomic mass is 10.1. The fourth-order valence-electron chi connectivity index (χ4n) is 2.55. The third-order valence-electron chi connectivity index (χ3n) is 3.77. The van der Waals surface area contributed by atoms with E-state index in [0.29, 0.717) is 5.56 Å². The number of fused-ring (bicyclic) bond motifs is 1. The molecule has 0 bridgehead atoms. The maximum Gasteiger partial charge on any atom is 0.266 e. The molecule has 9 heteroatoms. The fourth-order valence-corrected chi connectivity index (χ4v) is 4.66. The molecular weight excluding hydrogens is 379 g/mol. The van der Waals surface area contributed by atoms with E-state index in [9.17, 15) is 17.6 Å². The summed E-state index contributed by atoms with van der Waals surface area (Å²) in [6.45, 7) is 0. The number of hydroxylamine groups is 1. The summed E-state index contributed by atoms with van der Waals surface area (Å²) in [6, 6.07) is 11.3. The van der Waals surface area contributed by atoms with E-state index in [2.05, 4.69) is 4.72 Å². The zero-order valence-corrected chi connectivity index (χ0v) is 15.0. The van der Waals surface area contributed by atoms with E-state index in [4.69, 9.17) is 5.21 Å². The summed E-state index contributed by atoms with van der Waals surface area (Å²) >= 11 is 1.36. The van der Waals surface area contributed by atoms with Gasteiger partial charge in [0.15, 0.2) is 0 Å². The second-order valence-corrected chi connectivity index (χ2v) is 8.30. The molecule has 3 N–H and O–H groups in total. The van der Waals surface area contributed by atoms with Crippen molar-refractivity contribution in [1.82, 2.24) is 10.2 Å². The molecule has 6 nitrogen and oxygen atoms in total. The Balaban J connectivity index is 1.88. The summed E-state index contributed by atoms with van der Waals surface area (Å²) in [6.07, 6.45) is 0. The first kappa shape index (κ1) is 18.5. The van der Waals surface area contributed by atoms with Gasteiger partial charge in [0.25, 0.3) is 5.91 Å². The van der Waals surface area contributed by atoms with Gasteiger partial charge in [0.05, 0.1) is 5.75 Å². The molecule has 1 amide bonds. The summed E-state index contributed by atoms with van der Waals surface area (Å²) in [5, 5.41) is 11.4. The van der Waals surface area contributed by atoms with Crippen LogP contribution in [0.5, 0.6) is 0 Å². The number of thiophene rings is 1. The number of hydrogen-bond acceptors (Lipinski definition) is 5. The normalized spacial score (nSPS) is 12.8. The Morgan fingerprint density at radius 2 is 1.92 bits per heavy atom. The van der Waals surface area contributed by atoms with E-state index in [0.717, 1.165) is 10.1 Å². The van der Waals surface area contributed by atoms with Crippen LogP contribution >= 0.6 is 11.3 Å². The van der Waals surface area contributed by atoms with E-state index in [1.54, 1.807) is 41.8 Å². The zero-order valence-electron chi connectivity index (χ0n) is 13.3. The summed E-state index contributed by atoms with van der Waals surface area (Å²) in [5.41, 5.74) is 1.79. The standard InChI is InChI=1S/C17H15FN2O4S2/c18-14-9-15-12(6-7-25-15)8-13(14)10-26(23,24)20-16(17(21)19-22)11-4-2-1-3-5-11/h1-9,16,20,22H,10H2,(H,19,21)/t16-/m1/s1. The fraction of sp³-hybridized carbons (Fsp3) is 0.118. The van der Waals surface area contributed by atoms with Crippen LogP contribution in [0.2, 0.25) is 0 Å². The summed E-state index contributed by atoms with van der Waals surface area (Å²) < 4.78 is 42.1. The van der Waals surface area contributed by atoms with Crippen molar-refractivity contribution in [1.29, 1.82) is 0 Å². The van der Waals surface area contributed by atoms with E-state index >= 15 is 0 Å². The van der Waals surface area contributed by atoms with Crippen LogP contribution in [-0.4, -0.2) is 19.5 Å². The topological polar surface area (TPSA) is 95.5 Å². The number of rotatable bonds is 6. The van der Waals surface area contributed by atoms with Crippen molar-refractivity contribution in [2.75, 3.05) is 0 Å². The largest absolute Gasteiger partial charge is 0.289 e. The Kier molecular flexibility index (Phi) is 5.33. The lowest BCUT2D eigenvalue weighted by Gasteiger charge is -2.17. The minimum absolute atomic E-state index is 0.000353. The number of halogens is 1. The maximum absolute atomic E-state index is 14.2. The van der Waals surface area contributed by atoms with Crippen molar-refractivity contribution in [3.05, 3.63) is 70.9 Å². The van der Waals surface area contributed by atoms with Crippen LogP contribution in [0.1, 0.15) is 17.2 Å². The average Bonchev–Trinajstić information content (AvgIpc) is 3.07. The molecule has 0 aliphatic rings. The molecular formula is C17H15FN2O4S2. The highest BCUT2D eigenvalue weighted by atomic mass is 32.2. The van der Waals surface area contributed by atoms with Crippen LogP contribution in [0.4, 0.5) is 4.39 Å². The predicted octanol–water partition coefficient (Wildman–Crippen LogP) is 2.71. The molecule has 0 saturated carbocycles. The number of amides is 1. The Bertz CT molecular complexity index is 1040. The molecule has 1 atom stereocenters. The third kappa shape index (κ3) is 4.07. The van der Waals surface area contributed by atoms with E-state index in [1.165, 1.54) is 28.9 Å². The minimum Gasteiger partial charge on any atom is -0.289 e. The van der Waals surface area contributed by atoms with Gasteiger partial charge in [-0.15, -0.1) is 11.3 Å². The number of carbonyl (C=O) groups excluding carboxylic acids is 1. The minimum atomic E-state index is -4.07. The van der Waals surface area contributed by atoms with E-state index in [1.807, 2.05) is 0 Å². The molecule has 0 saturated heterocycles. The van der Waals surface area contributed by atoms with Crippen LogP contribution in [0.15, 0.2) is 53.9 Å². The van der Waals surface area contributed by atoms with Gasteiger partial charge in [0.2, 0.25) is 10.0 Å². The first-order chi connectivity index (χ1) is 12.4. The Morgan fingerprint density at radius 3 is 2.62 bits per heavy atom. The summed E-state index contributed by atoms with van der Waals surface area (Å²) in [4.78, 5) is 11.9. The molecule has 3 rings (SSSR count). The molecule has 1 aromatic heterocycles. The zero-order chi connectivity index (χ0) is 18.7. The van der Waals surface area contributed by atoms with Gasteiger partial charge in [0, 0.05) is 10.3 Å². The second-order valence-electron chi connectivity index (χ2n) is 5.60. The average molecular weight is 394 g/mol. The number of nitrogens with one attached hydrogen (secondary N) is 2. The third-order valence-corrected chi connectivity index (χ3v) is 5.94. The molecule has 0 radical (unpaired) electrons. The van der Waals surface area contributed by atoms with Gasteiger partial charge in [-0.3, -0.25) is 10.0 Å². The van der Waals surface area contributed by atoms with Crippen LogP contribution in [0, 0.1) is 5.82 Å². The van der Waals surface area contributed by atoms with Crippen LogP contribution < -0.4 is 10.2 Å². The first-order valence-corrected chi connectivity index (χ1v) is 10.1. The number of sulfonamides is 1. The number of carbonyl (C=O) groups is 1. The Morgan fingerprint density at radius 1 is 1.19 bits per heavy atom. The van der Waals surface area contributed by atoms with Gasteiger partial charge in [-0.05, 0) is 34.5 Å². The molecule has 26 heavy (non-hydrogen) atoms. The van der Waals surface area contributed by atoms with Crippen molar-refractivity contribution in [2.24, 2.45) is 0 Å². The van der Waals surface area contributed by atoms with E-state index < -0.39 is 33.5 Å². The highest BCUT2D eigenvalue weighted by molar-refractivity contribution is 7.88. The molecule has 1 heterocycles. The van der Waals surface area contributed by atoms with Crippen LogP contribution in [0.25, 0.3) is 10.1 Å². The Hall–Kier alpha value is -2.33. The summed E-state index contributed by atoms with van der Waals surface area (Å²) in [7, 11) is -4.07. The second kappa shape index (κ2) is 7.50. The van der Waals surface area contributed by atoms with Gasteiger partial charge in [-0.2, -0.15) is 4.72 Å². The van der Waals surface area contributed by atoms with Crippen LogP contribution in [-0.2, 0) is 20.6 Å². The molecule has 0 spiro atoms. The predicted molar refractivity (Wildman–Crippen MR) is 96.7 cm³/mol. The van der Waals surface area contributed by atoms with Crippen molar-refractivity contribution < 1.29 is 22.8 Å². The number of benzene rings is 2. The summed E-state index contributed by atoms with van der Waals surface area (Å²) in [5.74, 6) is -2.20. The van der Waals surface area contributed by atoms with Crippen molar-refractivity contribution in [3.8, 4) is 0 Å². The monoisotopic (exact) mass is 394 g/mol. The van der Waals surface area contributed by atoms with Gasteiger partial charge >= 0.3 is 0 Å². The highest BCUT2D eigenvalue weighted by Crippen LogP contribution is 2.25. The van der Waals surface area contributed by atoms with Crippen molar-refractivity contribution in [2.45, 2.75) is 11.8 Å². The van der Waals surface area contributed by atoms with E-state index in [-0.39, 0.29) is 5.56 Å². The SMILES string of the molecule is O=C(NO)[C@H](NS(=O)(=O)Cc1cc2ccsc2cc1F)c1ccccc1. The first-order valence-electron chi connectivity index (χ1n) is 7.54. The smallest absolute Gasteiger partial charge is 0.266 e. The molecule has 0 unspecified atom stereocenters.